The Labute approximate surface area is 85.9 Å². The first kappa shape index (κ1) is 11.1. The van der Waals surface area contributed by atoms with E-state index in [1.807, 2.05) is 0 Å². The lowest BCUT2D eigenvalue weighted by molar-refractivity contribution is -0.134. The van der Waals surface area contributed by atoms with Crippen LogP contribution in [0.2, 0.25) is 0 Å². The summed E-state index contributed by atoms with van der Waals surface area (Å²) in [5, 5.41) is 3.19. The predicted octanol–water partition coefficient (Wildman–Crippen LogP) is 0.468. The van der Waals surface area contributed by atoms with Crippen molar-refractivity contribution in [2.24, 2.45) is 5.92 Å². The quantitative estimate of drug-likeness (QED) is 0.660. The van der Waals surface area contributed by atoms with Crippen molar-refractivity contribution in [1.29, 1.82) is 0 Å². The van der Waals surface area contributed by atoms with Crippen molar-refractivity contribution in [3.05, 3.63) is 0 Å². The summed E-state index contributed by atoms with van der Waals surface area (Å²) in [4.78, 5) is 13.7. The first-order chi connectivity index (χ1) is 6.79. The van der Waals surface area contributed by atoms with Crippen LogP contribution in [-0.4, -0.2) is 37.0 Å². The van der Waals surface area contributed by atoms with Crippen LogP contribution in [-0.2, 0) is 4.79 Å². The van der Waals surface area contributed by atoms with Gasteiger partial charge in [-0.25, -0.2) is 0 Å². The average Bonchev–Trinajstić information content (AvgIpc) is 2.69. The Morgan fingerprint density at radius 1 is 1.71 bits per heavy atom. The molecule has 14 heavy (non-hydrogen) atoms. The maximum atomic E-state index is 11.9. The number of carbonyl (C=O) groups is 1. The van der Waals surface area contributed by atoms with E-state index in [2.05, 4.69) is 18.2 Å². The van der Waals surface area contributed by atoms with E-state index >= 15 is 0 Å². The summed E-state index contributed by atoms with van der Waals surface area (Å²) in [6.07, 6.45) is 7.15. The van der Waals surface area contributed by atoms with E-state index < -0.39 is 0 Å². The number of hydrogen-bond donors (Lipinski definition) is 1. The highest BCUT2D eigenvalue weighted by Crippen LogP contribution is 2.11. The van der Waals surface area contributed by atoms with Crippen molar-refractivity contribution in [2.75, 3.05) is 26.2 Å². The molecule has 3 nitrogen and oxygen atoms in total. The number of amides is 1. The van der Waals surface area contributed by atoms with E-state index in [-0.39, 0.29) is 11.8 Å². The zero-order valence-corrected chi connectivity index (χ0v) is 8.75. The molecule has 1 rings (SSSR count). The summed E-state index contributed by atoms with van der Waals surface area (Å²) in [7, 11) is 0. The Bertz CT molecular complexity index is 226. The third-order valence-corrected chi connectivity index (χ3v) is 2.50. The topological polar surface area (TPSA) is 32.3 Å². The van der Waals surface area contributed by atoms with Gasteiger partial charge in [-0.05, 0) is 19.4 Å². The highest BCUT2D eigenvalue weighted by Gasteiger charge is 2.25. The molecule has 1 fully saturated rings. The van der Waals surface area contributed by atoms with Crippen LogP contribution >= 0.6 is 0 Å². The van der Waals surface area contributed by atoms with Gasteiger partial charge in [-0.2, -0.15) is 0 Å². The Hall–Kier alpha value is -1.01. The highest BCUT2D eigenvalue weighted by molar-refractivity contribution is 5.79. The van der Waals surface area contributed by atoms with Crippen molar-refractivity contribution < 1.29 is 4.79 Å². The average molecular weight is 194 g/mol. The van der Waals surface area contributed by atoms with E-state index in [4.69, 9.17) is 6.42 Å². The second-order valence-electron chi connectivity index (χ2n) is 3.65. The fourth-order valence-corrected chi connectivity index (χ4v) is 1.77. The van der Waals surface area contributed by atoms with Gasteiger partial charge in [-0.15, -0.1) is 6.42 Å². The SMILES string of the molecule is C#CCN(CCC)C(=O)C1CCNC1. The van der Waals surface area contributed by atoms with Crippen LogP contribution in [0.1, 0.15) is 19.8 Å². The minimum Gasteiger partial charge on any atom is -0.331 e. The van der Waals surface area contributed by atoms with Gasteiger partial charge >= 0.3 is 0 Å². The van der Waals surface area contributed by atoms with Crippen molar-refractivity contribution >= 4 is 5.91 Å². The minimum atomic E-state index is 0.148. The fraction of sp³-hybridized carbons (Fsp3) is 0.727. The maximum absolute atomic E-state index is 11.9. The van der Waals surface area contributed by atoms with Gasteiger partial charge in [0, 0.05) is 13.1 Å². The zero-order chi connectivity index (χ0) is 10.4. The van der Waals surface area contributed by atoms with Gasteiger partial charge in [-0.1, -0.05) is 12.8 Å². The van der Waals surface area contributed by atoms with Gasteiger partial charge in [0.25, 0.3) is 0 Å². The van der Waals surface area contributed by atoms with Crippen LogP contribution in [0.25, 0.3) is 0 Å². The molecule has 1 heterocycles. The van der Waals surface area contributed by atoms with Crippen molar-refractivity contribution in [1.82, 2.24) is 10.2 Å². The summed E-state index contributed by atoms with van der Waals surface area (Å²) in [6, 6.07) is 0. The largest absolute Gasteiger partial charge is 0.331 e. The third kappa shape index (κ3) is 2.74. The van der Waals surface area contributed by atoms with E-state index in [0.29, 0.717) is 6.54 Å². The standard InChI is InChI=1S/C11H18N2O/c1-3-7-13(8-4-2)11(14)10-5-6-12-9-10/h1,10,12H,4-9H2,2H3. The van der Waals surface area contributed by atoms with Crippen LogP contribution in [0.5, 0.6) is 0 Å². The van der Waals surface area contributed by atoms with Gasteiger partial charge in [0.2, 0.25) is 5.91 Å². The molecule has 0 aromatic carbocycles. The molecule has 1 aliphatic heterocycles. The fourth-order valence-electron chi connectivity index (χ4n) is 1.77. The molecule has 0 aliphatic carbocycles. The lowest BCUT2D eigenvalue weighted by Gasteiger charge is -2.22. The molecule has 1 amide bonds. The second kappa shape index (κ2) is 5.66. The van der Waals surface area contributed by atoms with Gasteiger partial charge in [0.1, 0.15) is 0 Å². The van der Waals surface area contributed by atoms with E-state index in [0.717, 1.165) is 32.5 Å². The summed E-state index contributed by atoms with van der Waals surface area (Å²) >= 11 is 0. The minimum absolute atomic E-state index is 0.148. The summed E-state index contributed by atoms with van der Waals surface area (Å²) in [6.45, 7) is 5.04. The number of rotatable bonds is 4. The molecule has 1 N–H and O–H groups in total. The Morgan fingerprint density at radius 2 is 2.50 bits per heavy atom. The molecule has 0 aromatic rings. The van der Waals surface area contributed by atoms with Crippen molar-refractivity contribution in [3.63, 3.8) is 0 Å². The number of carbonyl (C=O) groups excluding carboxylic acids is 1. The van der Waals surface area contributed by atoms with Crippen LogP contribution in [0.3, 0.4) is 0 Å². The van der Waals surface area contributed by atoms with Gasteiger partial charge < -0.3 is 10.2 Å². The molecule has 1 saturated heterocycles. The molecule has 1 aliphatic rings. The Balaban J connectivity index is 2.49. The maximum Gasteiger partial charge on any atom is 0.227 e. The smallest absolute Gasteiger partial charge is 0.227 e. The third-order valence-electron chi connectivity index (χ3n) is 2.50. The molecular formula is C11H18N2O. The summed E-state index contributed by atoms with van der Waals surface area (Å²) in [5.74, 6) is 2.91. The van der Waals surface area contributed by atoms with Gasteiger partial charge in [0.05, 0.1) is 12.5 Å². The van der Waals surface area contributed by atoms with E-state index in [9.17, 15) is 4.79 Å². The van der Waals surface area contributed by atoms with Crippen LogP contribution in [0.4, 0.5) is 0 Å². The van der Waals surface area contributed by atoms with Crippen molar-refractivity contribution in [2.45, 2.75) is 19.8 Å². The number of hydrogen-bond acceptors (Lipinski definition) is 2. The first-order valence-corrected chi connectivity index (χ1v) is 5.22. The Morgan fingerprint density at radius 3 is 3.00 bits per heavy atom. The number of terminal acetylenes is 1. The molecule has 78 valence electrons. The molecular weight excluding hydrogens is 176 g/mol. The van der Waals surface area contributed by atoms with Crippen molar-refractivity contribution in [3.8, 4) is 12.3 Å². The monoisotopic (exact) mass is 194 g/mol. The normalized spacial score (nSPS) is 20.4. The zero-order valence-electron chi connectivity index (χ0n) is 8.75. The molecule has 0 aromatic heterocycles. The van der Waals surface area contributed by atoms with E-state index in [1.165, 1.54) is 0 Å². The summed E-state index contributed by atoms with van der Waals surface area (Å²) in [5.41, 5.74) is 0. The molecule has 0 radical (unpaired) electrons. The van der Waals surface area contributed by atoms with Crippen LogP contribution in [0, 0.1) is 18.3 Å². The number of nitrogens with one attached hydrogen (secondary N) is 1. The lowest BCUT2D eigenvalue weighted by Crippen LogP contribution is -2.37. The first-order valence-electron chi connectivity index (χ1n) is 5.22. The molecule has 0 saturated carbocycles. The lowest BCUT2D eigenvalue weighted by atomic mass is 10.1. The summed E-state index contributed by atoms with van der Waals surface area (Å²) < 4.78 is 0. The highest BCUT2D eigenvalue weighted by atomic mass is 16.2. The second-order valence-corrected chi connectivity index (χ2v) is 3.65. The van der Waals surface area contributed by atoms with Gasteiger partial charge in [-0.3, -0.25) is 4.79 Å². The molecule has 3 heteroatoms. The molecule has 1 unspecified atom stereocenters. The van der Waals surface area contributed by atoms with Crippen LogP contribution < -0.4 is 5.32 Å². The van der Waals surface area contributed by atoms with Gasteiger partial charge in [0.15, 0.2) is 0 Å². The Kier molecular flexibility index (Phi) is 4.48. The van der Waals surface area contributed by atoms with E-state index in [1.54, 1.807) is 4.90 Å². The molecule has 1 atom stereocenters. The predicted molar refractivity (Wildman–Crippen MR) is 56.7 cm³/mol. The molecule has 0 bridgehead atoms. The number of nitrogens with zero attached hydrogens (tertiary/aromatic N) is 1. The van der Waals surface area contributed by atoms with Crippen LogP contribution in [0.15, 0.2) is 0 Å². The molecule has 0 spiro atoms.